The van der Waals surface area contributed by atoms with Gasteiger partial charge in [0.2, 0.25) is 0 Å². The molecule has 2 amide bonds. The van der Waals surface area contributed by atoms with Crippen molar-refractivity contribution in [3.05, 3.63) is 66.2 Å². The third kappa shape index (κ3) is 4.01. The Kier molecular flexibility index (Phi) is 5.70. The molecule has 3 aromatic rings. The molecular weight excluding hydrogens is 401 g/mol. The quantitative estimate of drug-likeness (QED) is 0.477. The Bertz CT molecular complexity index is 1130. The van der Waals surface area contributed by atoms with Crippen LogP contribution in [0.25, 0.3) is 16.6 Å². The zero-order valence-electron chi connectivity index (χ0n) is 17.1. The van der Waals surface area contributed by atoms with Crippen LogP contribution in [0, 0.1) is 5.82 Å². The third-order valence-corrected chi connectivity index (χ3v) is 5.34. The van der Waals surface area contributed by atoms with Gasteiger partial charge < -0.3 is 18.9 Å². The van der Waals surface area contributed by atoms with Gasteiger partial charge in [-0.3, -0.25) is 9.59 Å². The third-order valence-electron chi connectivity index (χ3n) is 5.34. The molecule has 8 heteroatoms. The maximum absolute atomic E-state index is 13.4. The molecule has 0 radical (unpaired) electrons. The zero-order chi connectivity index (χ0) is 22.0. The molecule has 0 bridgehead atoms. The Labute approximate surface area is 178 Å². The van der Waals surface area contributed by atoms with Crippen molar-refractivity contribution in [2.45, 2.75) is 6.92 Å². The van der Waals surface area contributed by atoms with Crippen LogP contribution in [-0.4, -0.2) is 64.8 Å². The number of amides is 2. The molecule has 0 spiro atoms. The highest BCUT2D eigenvalue weighted by atomic mass is 19.1. The Morgan fingerprint density at radius 1 is 0.968 bits per heavy atom. The molecule has 3 heterocycles. The van der Waals surface area contributed by atoms with Gasteiger partial charge in [-0.2, -0.15) is 0 Å². The van der Waals surface area contributed by atoms with Crippen molar-refractivity contribution < 1.29 is 23.5 Å². The van der Waals surface area contributed by atoms with E-state index in [1.54, 1.807) is 35.7 Å². The Balaban J connectivity index is 1.62. The van der Waals surface area contributed by atoms with Crippen molar-refractivity contribution in [1.29, 1.82) is 0 Å². The van der Waals surface area contributed by atoms with Gasteiger partial charge >= 0.3 is 6.09 Å². The minimum absolute atomic E-state index is 0.236. The van der Waals surface area contributed by atoms with Gasteiger partial charge in [-0.05, 0) is 42.8 Å². The second kappa shape index (κ2) is 8.59. The number of halogens is 1. The predicted octanol–water partition coefficient (Wildman–Crippen LogP) is 3.23. The lowest BCUT2D eigenvalue weighted by Gasteiger charge is -2.33. The normalized spacial score (nSPS) is 14.0. The van der Waals surface area contributed by atoms with E-state index in [9.17, 15) is 18.8 Å². The van der Waals surface area contributed by atoms with Gasteiger partial charge in [-0.1, -0.05) is 18.2 Å². The molecular formula is C23H22FN3O4. The number of benzene rings is 1. The first kappa shape index (κ1) is 20.6. The fraction of sp³-hybridized carbons (Fsp3) is 0.261. The number of hydrogen-bond donors (Lipinski definition) is 0. The highest BCUT2D eigenvalue weighted by molar-refractivity contribution is 6.43. The molecule has 1 aliphatic rings. The minimum atomic E-state index is -0.643. The maximum atomic E-state index is 13.4. The number of hydrogen-bond acceptors (Lipinski definition) is 4. The topological polar surface area (TPSA) is 71.3 Å². The van der Waals surface area contributed by atoms with E-state index in [1.807, 2.05) is 18.2 Å². The number of aromatic nitrogens is 1. The van der Waals surface area contributed by atoms with Gasteiger partial charge in [-0.25, -0.2) is 9.18 Å². The summed E-state index contributed by atoms with van der Waals surface area (Å²) in [5, 5.41) is 0. The number of nitrogens with zero attached hydrogens (tertiary/aromatic N) is 3. The number of piperazine rings is 1. The lowest BCUT2D eigenvalue weighted by atomic mass is 10.0. The van der Waals surface area contributed by atoms with E-state index in [0.29, 0.717) is 24.2 Å². The Morgan fingerprint density at radius 3 is 2.32 bits per heavy atom. The predicted molar refractivity (Wildman–Crippen MR) is 112 cm³/mol. The Morgan fingerprint density at radius 2 is 1.65 bits per heavy atom. The van der Waals surface area contributed by atoms with Crippen LogP contribution in [0.15, 0.2) is 54.7 Å². The number of Topliss-reactive ketones (excluding diaryl/α,β-unsaturated/α-hetero) is 1. The van der Waals surface area contributed by atoms with Crippen molar-refractivity contribution in [2.75, 3.05) is 32.8 Å². The second-order valence-electron chi connectivity index (χ2n) is 7.22. The number of ether oxygens (including phenoxy) is 1. The standard InChI is InChI=1S/C23H22FN3O4/c1-2-31-23(30)26-13-11-25(12-14-26)22(29)21(28)20-19(16-6-8-17(24)9-7-16)15-18-5-3-4-10-27(18)20/h3-10,15H,2,11-14H2,1H3. The molecule has 0 aliphatic carbocycles. The van der Waals surface area contributed by atoms with E-state index >= 15 is 0 Å². The molecule has 160 valence electrons. The zero-order valence-corrected chi connectivity index (χ0v) is 17.1. The van der Waals surface area contributed by atoms with Crippen molar-refractivity contribution >= 4 is 23.3 Å². The van der Waals surface area contributed by atoms with E-state index in [1.165, 1.54) is 21.9 Å². The average Bonchev–Trinajstić information content (AvgIpc) is 3.18. The summed E-state index contributed by atoms with van der Waals surface area (Å²) in [6, 6.07) is 13.1. The highest BCUT2D eigenvalue weighted by Crippen LogP contribution is 2.29. The summed E-state index contributed by atoms with van der Waals surface area (Å²) >= 11 is 0. The summed E-state index contributed by atoms with van der Waals surface area (Å²) in [5.41, 5.74) is 2.20. The molecule has 0 atom stereocenters. The molecule has 0 N–H and O–H groups in total. The molecule has 31 heavy (non-hydrogen) atoms. The van der Waals surface area contributed by atoms with Gasteiger partial charge in [0, 0.05) is 43.5 Å². The monoisotopic (exact) mass is 423 g/mol. The number of fused-ring (bicyclic) bond motifs is 1. The van der Waals surface area contributed by atoms with E-state index in [-0.39, 0.29) is 31.2 Å². The summed E-state index contributed by atoms with van der Waals surface area (Å²) in [5.74, 6) is -1.65. The van der Waals surface area contributed by atoms with E-state index in [0.717, 1.165) is 5.52 Å². The lowest BCUT2D eigenvalue weighted by molar-refractivity contribution is -0.128. The fourth-order valence-electron chi connectivity index (χ4n) is 3.76. The van der Waals surface area contributed by atoms with Gasteiger partial charge in [0.05, 0.1) is 6.61 Å². The fourth-order valence-corrected chi connectivity index (χ4v) is 3.76. The SMILES string of the molecule is CCOC(=O)N1CCN(C(=O)C(=O)c2c(-c3ccc(F)cc3)cc3ccccn23)CC1. The lowest BCUT2D eigenvalue weighted by Crippen LogP contribution is -2.52. The number of carbonyl (C=O) groups excluding carboxylic acids is 3. The molecule has 2 aromatic heterocycles. The van der Waals surface area contributed by atoms with E-state index in [2.05, 4.69) is 0 Å². The van der Waals surface area contributed by atoms with E-state index < -0.39 is 17.8 Å². The van der Waals surface area contributed by atoms with Crippen LogP contribution < -0.4 is 0 Å². The maximum Gasteiger partial charge on any atom is 0.409 e. The van der Waals surface area contributed by atoms with Crippen LogP contribution in [0.5, 0.6) is 0 Å². The molecule has 4 rings (SSSR count). The smallest absolute Gasteiger partial charge is 0.409 e. The number of pyridine rings is 1. The molecule has 1 fully saturated rings. The first-order valence-electron chi connectivity index (χ1n) is 10.1. The van der Waals surface area contributed by atoms with Crippen LogP contribution in [0.4, 0.5) is 9.18 Å². The molecule has 0 unspecified atom stereocenters. The molecule has 1 aromatic carbocycles. The van der Waals surface area contributed by atoms with Gasteiger partial charge in [0.15, 0.2) is 0 Å². The first-order valence-corrected chi connectivity index (χ1v) is 10.1. The van der Waals surface area contributed by atoms with Crippen molar-refractivity contribution in [2.24, 2.45) is 0 Å². The van der Waals surface area contributed by atoms with Gasteiger partial charge in [0.1, 0.15) is 11.5 Å². The molecule has 1 saturated heterocycles. The summed E-state index contributed by atoms with van der Waals surface area (Å²) in [6.07, 6.45) is 1.30. The minimum Gasteiger partial charge on any atom is -0.450 e. The summed E-state index contributed by atoms with van der Waals surface area (Å²) < 4.78 is 20.1. The van der Waals surface area contributed by atoms with Crippen LogP contribution in [0.3, 0.4) is 0 Å². The second-order valence-corrected chi connectivity index (χ2v) is 7.22. The van der Waals surface area contributed by atoms with Crippen LogP contribution in [0.2, 0.25) is 0 Å². The summed E-state index contributed by atoms with van der Waals surface area (Å²) in [7, 11) is 0. The van der Waals surface area contributed by atoms with E-state index in [4.69, 9.17) is 4.74 Å². The van der Waals surface area contributed by atoms with Gasteiger partial charge in [-0.15, -0.1) is 0 Å². The van der Waals surface area contributed by atoms with Gasteiger partial charge in [0.25, 0.3) is 11.7 Å². The summed E-state index contributed by atoms with van der Waals surface area (Å²) in [4.78, 5) is 41.2. The van der Waals surface area contributed by atoms with Crippen molar-refractivity contribution in [1.82, 2.24) is 14.2 Å². The molecule has 7 nitrogen and oxygen atoms in total. The average molecular weight is 423 g/mol. The van der Waals surface area contributed by atoms with Crippen LogP contribution in [0.1, 0.15) is 17.4 Å². The summed E-state index contributed by atoms with van der Waals surface area (Å²) in [6.45, 7) is 3.12. The largest absolute Gasteiger partial charge is 0.450 e. The first-order chi connectivity index (χ1) is 15.0. The number of carbonyl (C=O) groups is 3. The number of ketones is 1. The van der Waals surface area contributed by atoms with Crippen molar-refractivity contribution in [3.63, 3.8) is 0 Å². The van der Waals surface area contributed by atoms with Crippen LogP contribution >= 0.6 is 0 Å². The highest BCUT2D eigenvalue weighted by Gasteiger charge is 2.32. The Hall–Kier alpha value is -3.68. The molecule has 1 aliphatic heterocycles. The number of rotatable bonds is 4. The van der Waals surface area contributed by atoms with Crippen molar-refractivity contribution in [3.8, 4) is 11.1 Å². The molecule has 0 saturated carbocycles. The van der Waals surface area contributed by atoms with Crippen LogP contribution in [-0.2, 0) is 9.53 Å².